The Morgan fingerprint density at radius 2 is 2.04 bits per heavy atom. The van der Waals surface area contributed by atoms with Crippen molar-refractivity contribution in [1.29, 1.82) is 0 Å². The van der Waals surface area contributed by atoms with E-state index in [-0.39, 0.29) is 12.1 Å². The smallest absolute Gasteiger partial charge is 0.410 e. The number of hydrogen-bond acceptors (Lipinski definition) is 3. The molecule has 8 heteroatoms. The first kappa shape index (κ1) is 18.2. The van der Waals surface area contributed by atoms with Gasteiger partial charge in [-0.1, -0.05) is 27.9 Å². The van der Waals surface area contributed by atoms with Crippen LogP contribution in [0, 0.1) is 0 Å². The highest BCUT2D eigenvalue weighted by molar-refractivity contribution is 8.13. The number of anilines is 1. The number of para-hydroxylation sites is 1. The average Bonchev–Trinajstić information content (AvgIpc) is 2.92. The SMILES string of the molecule is CC(C)(C)OC(=O)N1CC[C@@H](N2Cc3ccccc3NS2(C)(=O)O)C1. The number of benzene rings is 1. The second-order valence-corrected chi connectivity index (χ2v) is 11.1. The molecule has 1 atom stereocenters. The number of nitrogens with zero attached hydrogens (tertiary/aromatic N) is 2. The third-order valence-corrected chi connectivity index (χ3v) is 6.69. The molecule has 1 amide bonds. The van der Waals surface area contributed by atoms with E-state index in [2.05, 4.69) is 4.72 Å². The molecule has 140 valence electrons. The van der Waals surface area contributed by atoms with Crippen molar-refractivity contribution >= 4 is 21.5 Å². The Kier molecular flexibility index (Phi) is 4.13. The standard InChI is InChI=1S/C17H27N3O4S/c1-17(2,3)24-16(21)19-10-9-14(12-19)20-11-13-7-5-6-8-15(13)18-25(20,4,22)23/h5-8,14H,9-12H2,1-4H3,(H2,18,22,23)/t14-/m1/s1. The Morgan fingerprint density at radius 1 is 1.36 bits per heavy atom. The molecule has 1 saturated heterocycles. The van der Waals surface area contributed by atoms with Gasteiger partial charge in [-0.3, -0.25) is 9.27 Å². The van der Waals surface area contributed by atoms with Gasteiger partial charge < -0.3 is 9.64 Å². The number of likely N-dealkylation sites (tertiary alicyclic amines) is 1. The van der Waals surface area contributed by atoms with Crippen molar-refractivity contribution in [3.8, 4) is 0 Å². The number of fused-ring (bicyclic) bond motifs is 1. The van der Waals surface area contributed by atoms with Crippen molar-refractivity contribution in [3.63, 3.8) is 0 Å². The molecule has 0 radical (unpaired) electrons. The molecule has 0 aromatic heterocycles. The molecule has 0 bridgehead atoms. The van der Waals surface area contributed by atoms with Crippen LogP contribution in [0.3, 0.4) is 0 Å². The zero-order valence-corrected chi connectivity index (χ0v) is 16.0. The van der Waals surface area contributed by atoms with Crippen LogP contribution in [-0.2, 0) is 21.0 Å². The predicted octanol–water partition coefficient (Wildman–Crippen LogP) is 2.68. The zero-order valence-electron chi connectivity index (χ0n) is 15.2. The van der Waals surface area contributed by atoms with Gasteiger partial charge in [-0.05, 0) is 38.8 Å². The Bertz CT molecular complexity index is 753. The summed E-state index contributed by atoms with van der Waals surface area (Å²) in [6.45, 7) is 6.74. The zero-order chi connectivity index (χ0) is 18.5. The number of amides is 1. The van der Waals surface area contributed by atoms with Crippen LogP contribution in [0.5, 0.6) is 0 Å². The molecular weight excluding hydrogens is 342 g/mol. The lowest BCUT2D eigenvalue weighted by molar-refractivity contribution is 0.0285. The molecule has 2 heterocycles. The van der Waals surface area contributed by atoms with Crippen LogP contribution < -0.4 is 4.72 Å². The number of nitrogens with one attached hydrogen (secondary N) is 1. The number of ether oxygens (including phenoxy) is 1. The summed E-state index contributed by atoms with van der Waals surface area (Å²) in [6.07, 6.45) is 1.59. The molecule has 0 spiro atoms. The summed E-state index contributed by atoms with van der Waals surface area (Å²) in [5.74, 6) is 0. The van der Waals surface area contributed by atoms with Crippen LogP contribution in [0.15, 0.2) is 24.3 Å². The molecule has 0 saturated carbocycles. The predicted molar refractivity (Wildman–Crippen MR) is 98.5 cm³/mol. The number of hydrogen-bond donors (Lipinski definition) is 2. The molecule has 2 aliphatic rings. The second-order valence-electron chi connectivity index (χ2n) is 7.94. The van der Waals surface area contributed by atoms with Crippen LogP contribution in [-0.4, -0.2) is 55.0 Å². The monoisotopic (exact) mass is 369 g/mol. The van der Waals surface area contributed by atoms with E-state index in [0.29, 0.717) is 31.7 Å². The van der Waals surface area contributed by atoms with Crippen molar-refractivity contribution in [1.82, 2.24) is 9.21 Å². The van der Waals surface area contributed by atoms with Crippen molar-refractivity contribution in [2.45, 2.75) is 45.4 Å². The van der Waals surface area contributed by atoms with Gasteiger partial charge in [-0.2, -0.15) is 8.51 Å². The van der Waals surface area contributed by atoms with E-state index in [1.165, 1.54) is 6.26 Å². The molecule has 1 aromatic carbocycles. The lowest BCUT2D eigenvalue weighted by Gasteiger charge is -2.54. The van der Waals surface area contributed by atoms with Gasteiger partial charge in [0.2, 0.25) is 0 Å². The van der Waals surface area contributed by atoms with Crippen LogP contribution in [0.4, 0.5) is 10.5 Å². The summed E-state index contributed by atoms with van der Waals surface area (Å²) in [5, 5.41) is 0. The van der Waals surface area contributed by atoms with E-state index in [0.717, 1.165) is 5.56 Å². The Hall–Kier alpha value is -1.64. The van der Waals surface area contributed by atoms with E-state index < -0.39 is 15.3 Å². The number of carbonyl (C=O) groups is 1. The van der Waals surface area contributed by atoms with E-state index in [4.69, 9.17) is 4.74 Å². The van der Waals surface area contributed by atoms with Gasteiger partial charge in [-0.25, -0.2) is 4.79 Å². The van der Waals surface area contributed by atoms with E-state index >= 15 is 0 Å². The summed E-state index contributed by atoms with van der Waals surface area (Å²) in [5.41, 5.74) is 1.10. The minimum atomic E-state index is -4.20. The van der Waals surface area contributed by atoms with Gasteiger partial charge in [-0.15, -0.1) is 0 Å². The first-order valence-corrected chi connectivity index (χ1v) is 10.7. The summed E-state index contributed by atoms with van der Waals surface area (Å²) in [4.78, 5) is 13.9. The summed E-state index contributed by atoms with van der Waals surface area (Å²) < 4.78 is 33.9. The molecule has 2 N–H and O–H groups in total. The molecule has 1 aromatic rings. The topological polar surface area (TPSA) is 82.1 Å². The van der Waals surface area contributed by atoms with E-state index in [1.54, 1.807) is 9.21 Å². The molecule has 0 aliphatic carbocycles. The maximum atomic E-state index is 13.2. The number of rotatable bonds is 1. The lowest BCUT2D eigenvalue weighted by Crippen LogP contribution is -2.61. The molecule has 1 fully saturated rings. The van der Waals surface area contributed by atoms with Crippen molar-refractivity contribution < 1.29 is 18.3 Å². The van der Waals surface area contributed by atoms with Crippen LogP contribution in [0.2, 0.25) is 0 Å². The largest absolute Gasteiger partial charge is 0.444 e. The second kappa shape index (κ2) is 5.69. The van der Waals surface area contributed by atoms with Crippen molar-refractivity contribution in [2.75, 3.05) is 24.1 Å². The third kappa shape index (κ3) is 3.80. The summed E-state index contributed by atoms with van der Waals surface area (Å²) in [7, 11) is -4.20. The fourth-order valence-corrected chi connectivity index (χ4v) is 5.48. The molecule has 2 aliphatic heterocycles. The number of carbonyl (C=O) groups excluding carboxylic acids is 1. The fourth-order valence-electron chi connectivity index (χ4n) is 3.34. The van der Waals surface area contributed by atoms with Crippen LogP contribution in [0.1, 0.15) is 32.8 Å². The van der Waals surface area contributed by atoms with Crippen LogP contribution in [0.25, 0.3) is 0 Å². The Labute approximate surface area is 148 Å². The van der Waals surface area contributed by atoms with Crippen LogP contribution >= 0.6 is 0 Å². The highest BCUT2D eigenvalue weighted by atomic mass is 32.3. The van der Waals surface area contributed by atoms with Crippen molar-refractivity contribution in [2.24, 2.45) is 0 Å². The molecule has 0 unspecified atom stereocenters. The van der Waals surface area contributed by atoms with Gasteiger partial charge in [0.05, 0.1) is 11.9 Å². The molecular formula is C17H27N3O4S. The van der Waals surface area contributed by atoms with Gasteiger partial charge >= 0.3 is 6.09 Å². The van der Waals surface area contributed by atoms with E-state index in [1.807, 2.05) is 45.0 Å². The fraction of sp³-hybridized carbons (Fsp3) is 0.588. The average molecular weight is 369 g/mol. The maximum absolute atomic E-state index is 13.2. The quantitative estimate of drug-likeness (QED) is 0.797. The molecule has 25 heavy (non-hydrogen) atoms. The lowest BCUT2D eigenvalue weighted by atomic mass is 10.1. The van der Waals surface area contributed by atoms with Gasteiger partial charge in [0.15, 0.2) is 0 Å². The van der Waals surface area contributed by atoms with Gasteiger partial charge in [0.25, 0.3) is 0 Å². The van der Waals surface area contributed by atoms with Crippen molar-refractivity contribution in [3.05, 3.63) is 29.8 Å². The minimum Gasteiger partial charge on any atom is -0.444 e. The highest BCUT2D eigenvalue weighted by Gasteiger charge is 2.43. The van der Waals surface area contributed by atoms with E-state index in [9.17, 15) is 13.6 Å². The maximum Gasteiger partial charge on any atom is 0.410 e. The summed E-state index contributed by atoms with van der Waals surface area (Å²) >= 11 is 0. The first-order valence-electron chi connectivity index (χ1n) is 8.43. The van der Waals surface area contributed by atoms with Gasteiger partial charge in [0, 0.05) is 25.7 Å². The Balaban J connectivity index is 1.78. The highest BCUT2D eigenvalue weighted by Crippen LogP contribution is 2.39. The van der Waals surface area contributed by atoms with Gasteiger partial charge in [0.1, 0.15) is 5.60 Å². The summed E-state index contributed by atoms with van der Waals surface area (Å²) in [6, 6.07) is 7.29. The first-order chi connectivity index (χ1) is 11.4. The normalized spacial score (nSPS) is 26.8. The minimum absolute atomic E-state index is 0.206. The molecule has 7 nitrogen and oxygen atoms in total. The Morgan fingerprint density at radius 3 is 2.72 bits per heavy atom. The molecule has 3 rings (SSSR count). The third-order valence-electron chi connectivity index (χ3n) is 4.46.